The van der Waals surface area contributed by atoms with Crippen LogP contribution in [0.15, 0.2) is 47.4 Å². The number of carbonyl (C=O) groups is 1. The van der Waals surface area contributed by atoms with Gasteiger partial charge < -0.3 is 10.2 Å². The molecule has 2 rings (SSSR count). The van der Waals surface area contributed by atoms with E-state index in [4.69, 9.17) is 0 Å². The highest BCUT2D eigenvalue weighted by molar-refractivity contribution is 5.87. The molecule has 6 nitrogen and oxygen atoms in total. The van der Waals surface area contributed by atoms with Crippen molar-refractivity contribution in [2.45, 2.75) is 6.54 Å². The summed E-state index contributed by atoms with van der Waals surface area (Å²) in [7, 11) is 3.85. The third kappa shape index (κ3) is 4.25. The van der Waals surface area contributed by atoms with Crippen molar-refractivity contribution in [1.29, 1.82) is 0 Å². The summed E-state index contributed by atoms with van der Waals surface area (Å²) in [6.07, 6.45) is 4.92. The fraction of sp³-hybridized carbons (Fsp3) is 0.267. The number of carbonyl (C=O) groups excluding carboxylic acids is 1. The molecule has 0 radical (unpaired) electrons. The van der Waals surface area contributed by atoms with E-state index in [9.17, 15) is 9.59 Å². The summed E-state index contributed by atoms with van der Waals surface area (Å²) in [5.74, 6) is -0.202. The number of nitrogens with one attached hydrogen (secondary N) is 1. The molecular formula is C15H18N4O2. The van der Waals surface area contributed by atoms with Gasteiger partial charge in [-0.1, -0.05) is 12.1 Å². The molecule has 110 valence electrons. The molecule has 0 spiro atoms. The molecule has 2 aromatic rings. The summed E-state index contributed by atoms with van der Waals surface area (Å²) in [6.45, 7) is 0.925. The van der Waals surface area contributed by atoms with E-state index in [1.165, 1.54) is 16.5 Å². The summed E-state index contributed by atoms with van der Waals surface area (Å²) in [6, 6.07) is 6.77. The third-order valence-electron chi connectivity index (χ3n) is 2.81. The zero-order chi connectivity index (χ0) is 15.2. The Bertz CT molecular complexity index is 719. The number of likely N-dealkylation sites (N-methyl/N-ethyl adjacent to an activating group) is 1. The van der Waals surface area contributed by atoms with Crippen molar-refractivity contribution in [2.24, 2.45) is 0 Å². The Morgan fingerprint density at radius 3 is 3.00 bits per heavy atom. The van der Waals surface area contributed by atoms with E-state index in [0.717, 1.165) is 0 Å². The zero-order valence-electron chi connectivity index (χ0n) is 12.1. The van der Waals surface area contributed by atoms with Gasteiger partial charge in [0, 0.05) is 24.9 Å². The van der Waals surface area contributed by atoms with Gasteiger partial charge in [-0.2, -0.15) is 0 Å². The lowest BCUT2D eigenvalue weighted by atomic mass is 10.3. The maximum atomic E-state index is 11.9. The lowest BCUT2D eigenvalue weighted by Gasteiger charge is -2.05. The van der Waals surface area contributed by atoms with Crippen LogP contribution in [0.4, 0.5) is 0 Å². The number of fused-ring (bicyclic) bond motifs is 1. The van der Waals surface area contributed by atoms with E-state index in [1.807, 2.05) is 25.1 Å². The first kappa shape index (κ1) is 14.9. The lowest BCUT2D eigenvalue weighted by Crippen LogP contribution is -2.24. The summed E-state index contributed by atoms with van der Waals surface area (Å²) >= 11 is 0. The van der Waals surface area contributed by atoms with Gasteiger partial charge in [0.25, 0.3) is 5.56 Å². The smallest absolute Gasteiger partial charge is 0.258 e. The van der Waals surface area contributed by atoms with Crippen molar-refractivity contribution in [3.8, 4) is 0 Å². The molecule has 1 N–H and O–H groups in total. The van der Waals surface area contributed by atoms with Gasteiger partial charge in [0.15, 0.2) is 0 Å². The van der Waals surface area contributed by atoms with Crippen molar-refractivity contribution < 1.29 is 4.79 Å². The summed E-state index contributed by atoms with van der Waals surface area (Å²) in [5, 5.41) is 2.71. The minimum Gasteiger partial charge on any atom is -0.347 e. The van der Waals surface area contributed by atoms with Crippen LogP contribution < -0.4 is 10.9 Å². The number of amides is 1. The summed E-state index contributed by atoms with van der Waals surface area (Å²) in [5.41, 5.74) is 0.950. The van der Waals surface area contributed by atoms with Crippen molar-refractivity contribution in [3.63, 3.8) is 0 Å². The molecule has 0 aliphatic rings. The number of hydrogen-bond donors (Lipinski definition) is 1. The summed E-state index contributed by atoms with van der Waals surface area (Å²) in [4.78, 5) is 29.8. The maximum absolute atomic E-state index is 11.9. The molecule has 0 saturated heterocycles. The minimum atomic E-state index is -0.202. The molecule has 2 aromatic heterocycles. The average molecular weight is 286 g/mol. The second-order valence-corrected chi connectivity index (χ2v) is 4.90. The van der Waals surface area contributed by atoms with Crippen LogP contribution in [0, 0.1) is 0 Å². The molecule has 0 saturated carbocycles. The van der Waals surface area contributed by atoms with E-state index in [0.29, 0.717) is 17.9 Å². The third-order valence-corrected chi connectivity index (χ3v) is 2.81. The highest BCUT2D eigenvalue weighted by atomic mass is 16.1. The highest BCUT2D eigenvalue weighted by Gasteiger charge is 2.02. The molecule has 0 atom stereocenters. The van der Waals surface area contributed by atoms with Gasteiger partial charge >= 0.3 is 0 Å². The van der Waals surface area contributed by atoms with Crippen LogP contribution in [-0.4, -0.2) is 40.8 Å². The Kier molecular flexibility index (Phi) is 4.84. The second-order valence-electron chi connectivity index (χ2n) is 4.90. The number of hydrogen-bond acceptors (Lipinski definition) is 4. The van der Waals surface area contributed by atoms with Crippen LogP contribution >= 0.6 is 0 Å². The van der Waals surface area contributed by atoms with E-state index >= 15 is 0 Å². The standard InChI is InChI=1S/C15H18N4O2/c1-18(2)8-5-7-14(20)16-11-12-10-15(21)19-9-4-3-6-13(19)17-12/h3-7,9-10H,8,11H2,1-2H3,(H,16,20)/b7-5+. The number of pyridine rings is 1. The Balaban J connectivity index is 2.02. The van der Waals surface area contributed by atoms with Crippen molar-refractivity contribution in [1.82, 2.24) is 19.6 Å². The molecule has 21 heavy (non-hydrogen) atoms. The van der Waals surface area contributed by atoms with Crippen LogP contribution in [0.5, 0.6) is 0 Å². The molecule has 0 fully saturated rings. The SMILES string of the molecule is CN(C)C/C=C/C(=O)NCc1cc(=O)n2ccccc2n1. The topological polar surface area (TPSA) is 66.7 Å². The van der Waals surface area contributed by atoms with Crippen LogP contribution in [0.25, 0.3) is 5.65 Å². The van der Waals surface area contributed by atoms with E-state index in [1.54, 1.807) is 24.4 Å². The van der Waals surface area contributed by atoms with Crippen molar-refractivity contribution >= 4 is 11.6 Å². The van der Waals surface area contributed by atoms with Gasteiger partial charge in [0.2, 0.25) is 5.91 Å². The largest absolute Gasteiger partial charge is 0.347 e. The zero-order valence-corrected chi connectivity index (χ0v) is 12.1. The van der Waals surface area contributed by atoms with Gasteiger partial charge in [-0.05, 0) is 26.2 Å². The predicted octanol–water partition coefficient (Wildman–Crippen LogP) is 0.428. The van der Waals surface area contributed by atoms with Gasteiger partial charge in [-0.25, -0.2) is 4.98 Å². The fourth-order valence-corrected chi connectivity index (χ4v) is 1.80. The first-order valence-electron chi connectivity index (χ1n) is 6.62. The van der Waals surface area contributed by atoms with Crippen LogP contribution in [0.3, 0.4) is 0 Å². The molecule has 2 heterocycles. The molecular weight excluding hydrogens is 268 g/mol. The second kappa shape index (κ2) is 6.81. The molecule has 6 heteroatoms. The van der Waals surface area contributed by atoms with Crippen LogP contribution in [0.1, 0.15) is 5.69 Å². The number of aromatic nitrogens is 2. The number of nitrogens with zero attached hydrogens (tertiary/aromatic N) is 3. The van der Waals surface area contributed by atoms with Gasteiger partial charge in [0.05, 0.1) is 12.2 Å². The molecule has 0 aromatic carbocycles. The molecule has 0 bridgehead atoms. The van der Waals surface area contributed by atoms with Crippen molar-refractivity contribution in [2.75, 3.05) is 20.6 Å². The fourth-order valence-electron chi connectivity index (χ4n) is 1.80. The first-order valence-corrected chi connectivity index (χ1v) is 6.62. The van der Waals surface area contributed by atoms with E-state index in [-0.39, 0.29) is 18.0 Å². The van der Waals surface area contributed by atoms with Gasteiger partial charge in [-0.15, -0.1) is 0 Å². The van der Waals surface area contributed by atoms with Crippen LogP contribution in [0.2, 0.25) is 0 Å². The Labute approximate surface area is 122 Å². The average Bonchev–Trinajstić information content (AvgIpc) is 2.45. The molecule has 0 aliphatic heterocycles. The Hall–Kier alpha value is -2.47. The quantitative estimate of drug-likeness (QED) is 0.809. The van der Waals surface area contributed by atoms with E-state index in [2.05, 4.69) is 10.3 Å². The Morgan fingerprint density at radius 2 is 2.24 bits per heavy atom. The highest BCUT2D eigenvalue weighted by Crippen LogP contribution is 1.98. The number of rotatable bonds is 5. The van der Waals surface area contributed by atoms with Crippen molar-refractivity contribution in [3.05, 3.63) is 58.7 Å². The monoisotopic (exact) mass is 286 g/mol. The Morgan fingerprint density at radius 1 is 1.43 bits per heavy atom. The first-order chi connectivity index (χ1) is 10.1. The molecule has 1 amide bonds. The maximum Gasteiger partial charge on any atom is 0.258 e. The predicted molar refractivity (Wildman–Crippen MR) is 81.0 cm³/mol. The summed E-state index contributed by atoms with van der Waals surface area (Å²) < 4.78 is 1.46. The lowest BCUT2D eigenvalue weighted by molar-refractivity contribution is -0.116. The van der Waals surface area contributed by atoms with Gasteiger partial charge in [0.1, 0.15) is 5.65 Å². The normalized spacial score (nSPS) is 11.4. The molecule has 0 unspecified atom stereocenters. The minimum absolute atomic E-state index is 0.159. The van der Waals surface area contributed by atoms with E-state index < -0.39 is 0 Å². The van der Waals surface area contributed by atoms with Gasteiger partial charge in [-0.3, -0.25) is 14.0 Å². The molecule has 0 aliphatic carbocycles. The van der Waals surface area contributed by atoms with Crippen LogP contribution in [-0.2, 0) is 11.3 Å².